The molecule has 19 heavy (non-hydrogen) atoms. The zero-order valence-corrected chi connectivity index (χ0v) is 10.7. The van der Waals surface area contributed by atoms with Crippen LogP contribution in [0.5, 0.6) is 0 Å². The van der Waals surface area contributed by atoms with Gasteiger partial charge in [0.25, 0.3) is 0 Å². The molecule has 0 saturated carbocycles. The van der Waals surface area contributed by atoms with E-state index in [1.165, 1.54) is 0 Å². The van der Waals surface area contributed by atoms with Crippen LogP contribution in [0.15, 0.2) is 0 Å². The van der Waals surface area contributed by atoms with Gasteiger partial charge in [0, 0.05) is 0 Å². The fourth-order valence-electron chi connectivity index (χ4n) is 0.663. The van der Waals surface area contributed by atoms with E-state index in [1.807, 2.05) is 0 Å². The van der Waals surface area contributed by atoms with E-state index < -0.39 is 35.6 Å². The van der Waals surface area contributed by atoms with Crippen molar-refractivity contribution in [3.8, 4) is 0 Å². The van der Waals surface area contributed by atoms with Gasteiger partial charge in [0.15, 0.2) is 0 Å². The van der Waals surface area contributed by atoms with Gasteiger partial charge < -0.3 is 10.2 Å². The van der Waals surface area contributed by atoms with Crippen molar-refractivity contribution in [2.45, 2.75) is 23.7 Å². The predicted octanol–water partition coefficient (Wildman–Crippen LogP) is -1.30. The topological polar surface area (TPSA) is 74.6 Å². The molecule has 0 saturated heterocycles. The Bertz CT molecular complexity index is 345. The molecule has 0 amide bonds. The minimum absolute atomic E-state index is 0. The van der Waals surface area contributed by atoms with Crippen LogP contribution < -0.4 is 29.6 Å². The Balaban J connectivity index is 0. The van der Waals surface area contributed by atoms with E-state index in [-0.39, 0.29) is 29.6 Å². The summed E-state index contributed by atoms with van der Waals surface area (Å²) < 4.78 is 98.9. The van der Waals surface area contributed by atoms with Crippen LogP contribution in [0.3, 0.4) is 0 Å². The van der Waals surface area contributed by atoms with Gasteiger partial charge in [-0.15, -0.1) is 0 Å². The second-order valence-corrected chi connectivity index (χ2v) is 2.91. The Morgan fingerprint density at radius 1 is 0.632 bits per heavy atom. The van der Waals surface area contributed by atoms with Crippen molar-refractivity contribution >= 4 is 11.9 Å². The third-order valence-electron chi connectivity index (χ3n) is 1.72. The Hall–Kier alpha value is -0.620. The molecule has 0 bridgehead atoms. The number of rotatable bonds is 5. The first kappa shape index (κ1) is 20.7. The van der Waals surface area contributed by atoms with Gasteiger partial charge in [0.05, 0.1) is 0 Å². The molecule has 4 nitrogen and oxygen atoms in total. The van der Waals surface area contributed by atoms with E-state index in [0.29, 0.717) is 0 Å². The average Bonchev–Trinajstić information content (AvgIpc) is 2.15. The standard InChI is InChI=1S/C6H2F8O4.Na/c7-3(8,1(15)16)5(11,12)6(13,14)4(9,10)2(17)18;/h(H,15,16)(H,17,18);/q;+1. The molecular weight excluding hydrogens is 311 g/mol. The molecular formula is C6H2F8NaO4+. The predicted molar refractivity (Wildman–Crippen MR) is 35.1 cm³/mol. The van der Waals surface area contributed by atoms with Crippen molar-refractivity contribution in [1.29, 1.82) is 0 Å². The minimum Gasteiger partial charge on any atom is -0.477 e. The van der Waals surface area contributed by atoms with E-state index in [9.17, 15) is 44.7 Å². The summed E-state index contributed by atoms with van der Waals surface area (Å²) in [6.07, 6.45) is 0. The maximum absolute atomic E-state index is 12.5. The quantitative estimate of drug-likeness (QED) is 0.489. The van der Waals surface area contributed by atoms with Crippen LogP contribution in [0, 0.1) is 0 Å². The normalized spacial score (nSPS) is 13.7. The molecule has 0 heterocycles. The van der Waals surface area contributed by atoms with Crippen molar-refractivity contribution in [2.24, 2.45) is 0 Å². The number of halogens is 8. The molecule has 0 fully saturated rings. The maximum atomic E-state index is 12.5. The van der Waals surface area contributed by atoms with Crippen molar-refractivity contribution < 1.29 is 84.5 Å². The first-order chi connectivity index (χ1) is 7.64. The summed E-state index contributed by atoms with van der Waals surface area (Å²) in [6.45, 7) is 0. The first-order valence-corrected chi connectivity index (χ1v) is 3.62. The third-order valence-corrected chi connectivity index (χ3v) is 1.72. The van der Waals surface area contributed by atoms with Crippen molar-refractivity contribution in [3.63, 3.8) is 0 Å². The Morgan fingerprint density at radius 2 is 0.789 bits per heavy atom. The second kappa shape index (κ2) is 5.40. The Kier molecular flexibility index (Phi) is 5.88. The number of carboxylic acids is 2. The molecule has 0 spiro atoms. The molecule has 0 aliphatic rings. The molecule has 0 atom stereocenters. The van der Waals surface area contributed by atoms with Crippen molar-refractivity contribution in [3.05, 3.63) is 0 Å². The fourth-order valence-corrected chi connectivity index (χ4v) is 0.663. The minimum atomic E-state index is -7.12. The zero-order valence-electron chi connectivity index (χ0n) is 8.73. The van der Waals surface area contributed by atoms with Gasteiger partial charge in [0.1, 0.15) is 0 Å². The van der Waals surface area contributed by atoms with Crippen LogP contribution in [0.2, 0.25) is 0 Å². The third kappa shape index (κ3) is 2.79. The van der Waals surface area contributed by atoms with E-state index in [4.69, 9.17) is 10.2 Å². The summed E-state index contributed by atoms with van der Waals surface area (Å²) in [5.41, 5.74) is 0. The number of carboxylic acid groups (broad SMARTS) is 2. The molecule has 0 radical (unpaired) electrons. The van der Waals surface area contributed by atoms with Gasteiger partial charge in [-0.25, -0.2) is 9.59 Å². The summed E-state index contributed by atoms with van der Waals surface area (Å²) in [7, 11) is 0. The first-order valence-electron chi connectivity index (χ1n) is 3.62. The van der Waals surface area contributed by atoms with Crippen LogP contribution in [0.1, 0.15) is 0 Å². The van der Waals surface area contributed by atoms with Crippen LogP contribution in [0.25, 0.3) is 0 Å². The molecule has 0 aromatic heterocycles. The van der Waals surface area contributed by atoms with Gasteiger partial charge in [-0.1, -0.05) is 0 Å². The molecule has 13 heteroatoms. The number of alkyl halides is 8. The maximum Gasteiger partial charge on any atom is 1.00 e. The molecule has 0 unspecified atom stereocenters. The van der Waals surface area contributed by atoms with E-state index in [2.05, 4.69) is 0 Å². The van der Waals surface area contributed by atoms with Gasteiger partial charge in [-0.05, 0) is 0 Å². The van der Waals surface area contributed by atoms with E-state index in [0.717, 1.165) is 0 Å². The van der Waals surface area contributed by atoms with Crippen molar-refractivity contribution in [1.82, 2.24) is 0 Å². The van der Waals surface area contributed by atoms with Gasteiger partial charge in [0.2, 0.25) is 0 Å². The number of aliphatic carboxylic acids is 2. The molecule has 2 N–H and O–H groups in total. The van der Waals surface area contributed by atoms with Crippen LogP contribution in [0.4, 0.5) is 35.1 Å². The van der Waals surface area contributed by atoms with Crippen LogP contribution >= 0.6 is 0 Å². The zero-order chi connectivity index (χ0) is 15.2. The molecule has 106 valence electrons. The molecule has 0 aliphatic heterocycles. The van der Waals surface area contributed by atoms with E-state index >= 15 is 0 Å². The number of hydrogen-bond acceptors (Lipinski definition) is 2. The monoisotopic (exact) mass is 313 g/mol. The Labute approximate surface area is 120 Å². The second-order valence-electron chi connectivity index (χ2n) is 2.91. The summed E-state index contributed by atoms with van der Waals surface area (Å²) in [5.74, 6) is -35.0. The summed E-state index contributed by atoms with van der Waals surface area (Å²) in [6, 6.07) is 0. The van der Waals surface area contributed by atoms with E-state index in [1.54, 1.807) is 0 Å². The molecule has 0 aromatic rings. The van der Waals surface area contributed by atoms with Crippen molar-refractivity contribution in [2.75, 3.05) is 0 Å². The van der Waals surface area contributed by atoms with Crippen LogP contribution in [-0.4, -0.2) is 45.8 Å². The van der Waals surface area contributed by atoms with Gasteiger partial charge in [-0.3, -0.25) is 0 Å². The largest absolute Gasteiger partial charge is 1.00 e. The number of hydrogen-bond donors (Lipinski definition) is 2. The number of carbonyl (C=O) groups is 2. The van der Waals surface area contributed by atoms with Gasteiger partial charge >= 0.3 is 65.2 Å². The summed E-state index contributed by atoms with van der Waals surface area (Å²) in [5, 5.41) is 15.2. The summed E-state index contributed by atoms with van der Waals surface area (Å²) in [4.78, 5) is 19.3. The summed E-state index contributed by atoms with van der Waals surface area (Å²) >= 11 is 0. The molecule has 0 aliphatic carbocycles. The smallest absolute Gasteiger partial charge is 0.477 e. The molecule has 0 aromatic carbocycles. The Morgan fingerprint density at radius 3 is 0.895 bits per heavy atom. The van der Waals surface area contributed by atoms with Crippen LogP contribution in [-0.2, 0) is 9.59 Å². The van der Waals surface area contributed by atoms with Gasteiger partial charge in [-0.2, -0.15) is 35.1 Å². The molecule has 0 rings (SSSR count). The average molecular weight is 313 g/mol. The fraction of sp³-hybridized carbons (Fsp3) is 0.667. The SMILES string of the molecule is O=C(O)C(F)(F)C(F)(F)C(F)(F)C(F)(F)C(=O)O.[Na+].